The van der Waals surface area contributed by atoms with Gasteiger partial charge in [-0.3, -0.25) is 4.79 Å². The van der Waals surface area contributed by atoms with Crippen LogP contribution in [0.1, 0.15) is 28.2 Å². The highest BCUT2D eigenvalue weighted by molar-refractivity contribution is 6.32. The Morgan fingerprint density at radius 2 is 1.81 bits per heavy atom. The van der Waals surface area contributed by atoms with Gasteiger partial charge >= 0.3 is 12.4 Å². The normalized spacial score (nSPS) is 14.5. The summed E-state index contributed by atoms with van der Waals surface area (Å²) in [6.45, 7) is 0.931. The zero-order valence-corrected chi connectivity index (χ0v) is 16.8. The summed E-state index contributed by atoms with van der Waals surface area (Å²) in [6, 6.07) is 1.62. The molecule has 6 nitrogen and oxygen atoms in total. The number of alkyl halides is 6. The second-order valence-corrected chi connectivity index (χ2v) is 7.56. The maximum Gasteiger partial charge on any atom is 0.416 e. The average Bonchev–Trinajstić information content (AvgIpc) is 3.10. The summed E-state index contributed by atoms with van der Waals surface area (Å²) < 4.78 is 80.8. The number of aromatic nitrogens is 4. The zero-order chi connectivity index (χ0) is 23.3. The maximum absolute atomic E-state index is 13.5. The van der Waals surface area contributed by atoms with Crippen LogP contribution in [0.15, 0.2) is 35.4 Å². The maximum atomic E-state index is 13.5. The molecular weight excluding hydrogens is 464 g/mol. The number of hydrogen-bond donors (Lipinski definition) is 1. The van der Waals surface area contributed by atoms with Crippen LogP contribution in [0.4, 0.5) is 32.0 Å². The fraction of sp³-hybridized carbons (Fsp3) is 0.316. The second-order valence-electron chi connectivity index (χ2n) is 7.18. The molecule has 0 radical (unpaired) electrons. The molecule has 1 aliphatic heterocycles. The summed E-state index contributed by atoms with van der Waals surface area (Å²) in [4.78, 5) is 17.7. The average molecular weight is 478 g/mol. The summed E-state index contributed by atoms with van der Waals surface area (Å²) in [6.07, 6.45) is -7.28. The Hall–Kier alpha value is -3.02. The van der Waals surface area contributed by atoms with Gasteiger partial charge in [0.2, 0.25) is 0 Å². The van der Waals surface area contributed by atoms with Gasteiger partial charge in [0.25, 0.3) is 5.56 Å². The topological polar surface area (TPSA) is 66.8 Å². The van der Waals surface area contributed by atoms with Crippen molar-refractivity contribution in [2.45, 2.75) is 31.9 Å². The largest absolute Gasteiger partial charge is 0.416 e. The quantitative estimate of drug-likeness (QED) is 0.572. The lowest BCUT2D eigenvalue weighted by Crippen LogP contribution is -2.35. The predicted octanol–water partition coefficient (Wildman–Crippen LogP) is 4.27. The Morgan fingerprint density at radius 1 is 1.06 bits per heavy atom. The minimum Gasteiger partial charge on any atom is -0.360 e. The minimum absolute atomic E-state index is 0.0418. The van der Waals surface area contributed by atoms with Gasteiger partial charge in [0, 0.05) is 31.4 Å². The molecule has 2 aromatic heterocycles. The number of imidazole rings is 1. The first-order chi connectivity index (χ1) is 14.9. The van der Waals surface area contributed by atoms with E-state index in [1.807, 2.05) is 0 Å². The first-order valence-corrected chi connectivity index (χ1v) is 9.61. The van der Waals surface area contributed by atoms with E-state index >= 15 is 0 Å². The molecule has 0 bridgehead atoms. The van der Waals surface area contributed by atoms with Gasteiger partial charge in [0.1, 0.15) is 10.8 Å². The van der Waals surface area contributed by atoms with E-state index in [9.17, 15) is 31.1 Å². The first-order valence-electron chi connectivity index (χ1n) is 9.24. The molecule has 0 unspecified atom stereocenters. The van der Waals surface area contributed by atoms with Gasteiger partial charge in [-0.15, -0.1) is 0 Å². The summed E-state index contributed by atoms with van der Waals surface area (Å²) in [5.74, 6) is 0.517. The standard InChI is InChI=1S/C19H14ClF6N5O/c20-16-14(8-28-29-17(16)32)30-3-4-31-12(7-27-15(31)9-30)5-10-1-2-11(18(21,22)23)6-13(10)19(24,25)26/h1-2,6-8H,3-5,9H2,(H,29,32). The summed E-state index contributed by atoms with van der Waals surface area (Å²) in [5.41, 5.74) is -2.70. The molecule has 4 rings (SSSR count). The Kier molecular flexibility index (Phi) is 5.43. The van der Waals surface area contributed by atoms with Crippen molar-refractivity contribution in [1.82, 2.24) is 19.7 Å². The molecule has 0 fully saturated rings. The van der Waals surface area contributed by atoms with Crippen LogP contribution < -0.4 is 10.5 Å². The third kappa shape index (κ3) is 4.18. The molecule has 3 aromatic rings. The molecule has 13 heteroatoms. The third-order valence-corrected chi connectivity index (χ3v) is 5.54. The van der Waals surface area contributed by atoms with E-state index < -0.39 is 29.0 Å². The smallest absolute Gasteiger partial charge is 0.360 e. The van der Waals surface area contributed by atoms with Crippen molar-refractivity contribution in [3.63, 3.8) is 0 Å². The molecule has 0 saturated heterocycles. The van der Waals surface area contributed by atoms with Crippen LogP contribution in [0.2, 0.25) is 5.02 Å². The van der Waals surface area contributed by atoms with Gasteiger partial charge < -0.3 is 9.47 Å². The van der Waals surface area contributed by atoms with Crippen LogP contribution in [0, 0.1) is 0 Å². The van der Waals surface area contributed by atoms with E-state index in [2.05, 4.69) is 15.2 Å². The summed E-state index contributed by atoms with van der Waals surface area (Å²) in [5, 5.41) is 5.89. The zero-order valence-electron chi connectivity index (χ0n) is 16.1. The van der Waals surface area contributed by atoms with Crippen molar-refractivity contribution >= 4 is 17.3 Å². The molecule has 32 heavy (non-hydrogen) atoms. The number of rotatable bonds is 3. The van der Waals surface area contributed by atoms with Crippen LogP contribution in [0.25, 0.3) is 0 Å². The van der Waals surface area contributed by atoms with Gasteiger partial charge in [-0.25, -0.2) is 10.1 Å². The molecular formula is C19H14ClF6N5O. The molecule has 0 aliphatic carbocycles. The van der Waals surface area contributed by atoms with Crippen molar-refractivity contribution in [1.29, 1.82) is 0 Å². The van der Waals surface area contributed by atoms with Crippen LogP contribution in [0.5, 0.6) is 0 Å². The Balaban J connectivity index is 1.63. The first kappa shape index (κ1) is 22.2. The number of anilines is 1. The van der Waals surface area contributed by atoms with E-state index in [-0.39, 0.29) is 29.6 Å². The number of benzene rings is 1. The SMILES string of the molecule is O=c1[nH]ncc(N2CCn3c(Cc4ccc(C(F)(F)F)cc4C(F)(F)F)cnc3C2)c1Cl. The number of nitrogens with one attached hydrogen (secondary N) is 1. The van der Waals surface area contributed by atoms with E-state index in [1.54, 1.807) is 9.47 Å². The molecule has 170 valence electrons. The lowest BCUT2D eigenvalue weighted by atomic mass is 9.99. The van der Waals surface area contributed by atoms with Crippen molar-refractivity contribution in [3.8, 4) is 0 Å². The number of hydrogen-bond acceptors (Lipinski definition) is 4. The highest BCUT2D eigenvalue weighted by atomic mass is 35.5. The number of nitrogens with zero attached hydrogens (tertiary/aromatic N) is 4. The van der Waals surface area contributed by atoms with Crippen LogP contribution >= 0.6 is 11.6 Å². The van der Waals surface area contributed by atoms with E-state index in [0.717, 1.165) is 6.07 Å². The minimum atomic E-state index is -4.94. The highest BCUT2D eigenvalue weighted by Crippen LogP contribution is 2.38. The summed E-state index contributed by atoms with van der Waals surface area (Å²) in [7, 11) is 0. The van der Waals surface area contributed by atoms with Crippen molar-refractivity contribution < 1.29 is 26.3 Å². The number of H-pyrrole nitrogens is 1. The van der Waals surface area contributed by atoms with E-state index in [1.165, 1.54) is 12.4 Å². The highest BCUT2D eigenvalue weighted by Gasteiger charge is 2.38. The van der Waals surface area contributed by atoms with E-state index in [0.29, 0.717) is 36.4 Å². The van der Waals surface area contributed by atoms with Gasteiger partial charge in [0.15, 0.2) is 0 Å². The van der Waals surface area contributed by atoms with Gasteiger partial charge in [-0.1, -0.05) is 17.7 Å². The van der Waals surface area contributed by atoms with Gasteiger partial charge in [-0.05, 0) is 17.7 Å². The lowest BCUT2D eigenvalue weighted by molar-refractivity contribution is -0.143. The number of aromatic amines is 1. The monoisotopic (exact) mass is 477 g/mol. The molecule has 0 amide bonds. The molecule has 1 N–H and O–H groups in total. The fourth-order valence-corrected chi connectivity index (χ4v) is 3.84. The number of halogens is 7. The van der Waals surface area contributed by atoms with Gasteiger partial charge in [0.05, 0.1) is 29.6 Å². The lowest BCUT2D eigenvalue weighted by Gasteiger charge is -2.30. The van der Waals surface area contributed by atoms with Crippen molar-refractivity contribution in [2.24, 2.45) is 0 Å². The number of fused-ring (bicyclic) bond motifs is 1. The Labute approximate surface area is 181 Å². The molecule has 1 aromatic carbocycles. The summed E-state index contributed by atoms with van der Waals surface area (Å²) >= 11 is 6.03. The Bertz CT molecular complexity index is 1220. The third-order valence-electron chi connectivity index (χ3n) is 5.18. The molecule has 0 spiro atoms. The fourth-order valence-electron chi connectivity index (χ4n) is 3.63. The van der Waals surface area contributed by atoms with Crippen LogP contribution in [-0.4, -0.2) is 26.3 Å². The molecule has 0 saturated carbocycles. The predicted molar refractivity (Wildman–Crippen MR) is 102 cm³/mol. The van der Waals surface area contributed by atoms with Crippen LogP contribution in [0.3, 0.4) is 0 Å². The van der Waals surface area contributed by atoms with Gasteiger partial charge in [-0.2, -0.15) is 31.4 Å². The molecule has 0 atom stereocenters. The van der Waals surface area contributed by atoms with E-state index in [4.69, 9.17) is 11.6 Å². The van der Waals surface area contributed by atoms with Crippen molar-refractivity contribution in [3.05, 3.63) is 74.2 Å². The van der Waals surface area contributed by atoms with Crippen LogP contribution in [-0.2, 0) is 31.9 Å². The second kappa shape index (κ2) is 7.84. The molecule has 3 heterocycles. The molecule has 1 aliphatic rings. The Morgan fingerprint density at radius 3 is 2.50 bits per heavy atom. The van der Waals surface area contributed by atoms with Crippen molar-refractivity contribution in [2.75, 3.05) is 11.4 Å².